The molecule has 0 radical (unpaired) electrons. The molecule has 1 saturated heterocycles. The lowest BCUT2D eigenvalue weighted by Crippen LogP contribution is -2.50. The number of halogens is 1. The number of rotatable bonds is 6. The van der Waals surface area contributed by atoms with E-state index in [2.05, 4.69) is 31.9 Å². The lowest BCUT2D eigenvalue weighted by Gasteiger charge is -2.34. The van der Waals surface area contributed by atoms with Crippen LogP contribution >= 0.6 is 15.9 Å². The normalized spacial score (nSPS) is 15.2. The average Bonchev–Trinajstić information content (AvgIpc) is 2.67. The first-order chi connectivity index (χ1) is 12.2. The van der Waals surface area contributed by atoms with Crippen LogP contribution in [0.2, 0.25) is 0 Å². The van der Waals surface area contributed by atoms with E-state index in [4.69, 9.17) is 4.74 Å². The highest BCUT2D eigenvalue weighted by atomic mass is 79.9. The molecule has 0 atom stereocenters. The number of ether oxygens (including phenoxy) is 1. The number of piperazine rings is 1. The van der Waals surface area contributed by atoms with Gasteiger partial charge in [0.15, 0.2) is 6.61 Å². The fourth-order valence-electron chi connectivity index (χ4n) is 2.81. The predicted octanol–water partition coefficient (Wildman–Crippen LogP) is 2.61. The summed E-state index contributed by atoms with van der Waals surface area (Å²) in [4.78, 5) is 20.9. The van der Waals surface area contributed by atoms with Gasteiger partial charge in [0, 0.05) is 55.5 Å². The van der Waals surface area contributed by atoms with Gasteiger partial charge in [-0.3, -0.25) is 14.7 Å². The summed E-state index contributed by atoms with van der Waals surface area (Å²) in [5, 5.41) is 0. The van der Waals surface area contributed by atoms with Crippen molar-refractivity contribution in [3.05, 3.63) is 58.8 Å². The molecule has 1 aromatic carbocycles. The Kier molecular flexibility index (Phi) is 6.42. The molecule has 0 saturated carbocycles. The van der Waals surface area contributed by atoms with E-state index >= 15 is 0 Å². The summed E-state index contributed by atoms with van der Waals surface area (Å²) in [6.07, 6.45) is 2.78. The molecule has 0 N–H and O–H groups in total. The summed E-state index contributed by atoms with van der Waals surface area (Å²) >= 11 is 3.38. The van der Waals surface area contributed by atoms with Gasteiger partial charge in [0.25, 0.3) is 5.91 Å². The van der Waals surface area contributed by atoms with Gasteiger partial charge < -0.3 is 9.64 Å². The summed E-state index contributed by atoms with van der Waals surface area (Å²) in [7, 11) is 0. The summed E-state index contributed by atoms with van der Waals surface area (Å²) < 4.78 is 6.57. The van der Waals surface area contributed by atoms with Crippen molar-refractivity contribution in [2.45, 2.75) is 6.42 Å². The molecule has 1 amide bonds. The number of benzene rings is 1. The monoisotopic (exact) mass is 403 g/mol. The number of hydrogen-bond donors (Lipinski definition) is 0. The van der Waals surface area contributed by atoms with E-state index in [0.717, 1.165) is 49.3 Å². The van der Waals surface area contributed by atoms with Crippen LogP contribution in [0, 0.1) is 0 Å². The zero-order chi connectivity index (χ0) is 17.5. The van der Waals surface area contributed by atoms with E-state index in [-0.39, 0.29) is 12.5 Å². The molecule has 3 rings (SSSR count). The molecule has 2 aromatic rings. The quantitative estimate of drug-likeness (QED) is 0.743. The van der Waals surface area contributed by atoms with Gasteiger partial charge in [0.2, 0.25) is 0 Å². The lowest BCUT2D eigenvalue weighted by molar-refractivity contribution is -0.135. The van der Waals surface area contributed by atoms with Crippen LogP contribution in [0.4, 0.5) is 0 Å². The maximum Gasteiger partial charge on any atom is 0.260 e. The SMILES string of the molecule is O=C(COc1ccc(Br)cc1)N1CCN(CCc2ccccn2)CC1. The highest BCUT2D eigenvalue weighted by Crippen LogP contribution is 2.16. The second-order valence-electron chi connectivity index (χ2n) is 6.04. The van der Waals surface area contributed by atoms with Gasteiger partial charge in [0.05, 0.1) is 0 Å². The van der Waals surface area contributed by atoms with E-state index in [1.54, 1.807) is 0 Å². The Balaban J connectivity index is 1.38. The Morgan fingerprint density at radius 3 is 2.52 bits per heavy atom. The zero-order valence-electron chi connectivity index (χ0n) is 14.1. The molecule has 25 heavy (non-hydrogen) atoms. The van der Waals surface area contributed by atoms with Gasteiger partial charge in [-0.1, -0.05) is 22.0 Å². The number of carbonyl (C=O) groups is 1. The minimum absolute atomic E-state index is 0.0484. The maximum atomic E-state index is 12.3. The first kappa shape index (κ1) is 17.9. The van der Waals surface area contributed by atoms with Crippen molar-refractivity contribution < 1.29 is 9.53 Å². The molecule has 1 aliphatic rings. The van der Waals surface area contributed by atoms with Crippen LogP contribution in [0.5, 0.6) is 5.75 Å². The summed E-state index contributed by atoms with van der Waals surface area (Å²) in [6, 6.07) is 13.5. The fraction of sp³-hybridized carbons (Fsp3) is 0.368. The fourth-order valence-corrected chi connectivity index (χ4v) is 3.07. The molecule has 0 bridgehead atoms. The van der Waals surface area contributed by atoms with Crippen LogP contribution in [0.25, 0.3) is 0 Å². The van der Waals surface area contributed by atoms with Crippen LogP contribution in [-0.2, 0) is 11.2 Å². The summed E-state index contributed by atoms with van der Waals surface area (Å²) in [6.45, 7) is 4.38. The molecule has 0 aliphatic carbocycles. The van der Waals surface area contributed by atoms with Gasteiger partial charge in [-0.2, -0.15) is 0 Å². The van der Waals surface area contributed by atoms with Crippen LogP contribution in [0.1, 0.15) is 5.69 Å². The number of nitrogens with zero attached hydrogens (tertiary/aromatic N) is 3. The molecule has 6 heteroatoms. The third-order valence-electron chi connectivity index (χ3n) is 4.31. The molecule has 1 fully saturated rings. The van der Waals surface area contributed by atoms with Crippen molar-refractivity contribution in [3.63, 3.8) is 0 Å². The smallest absolute Gasteiger partial charge is 0.260 e. The first-order valence-electron chi connectivity index (χ1n) is 8.49. The maximum absolute atomic E-state index is 12.3. The number of carbonyl (C=O) groups excluding carboxylic acids is 1. The summed E-state index contributed by atoms with van der Waals surface area (Å²) in [5.74, 6) is 0.762. The molecule has 0 unspecified atom stereocenters. The van der Waals surface area contributed by atoms with Gasteiger partial charge >= 0.3 is 0 Å². The van der Waals surface area contributed by atoms with Crippen molar-refractivity contribution in [3.8, 4) is 5.75 Å². The third-order valence-corrected chi connectivity index (χ3v) is 4.84. The second kappa shape index (κ2) is 8.97. The third kappa shape index (κ3) is 5.54. The van der Waals surface area contributed by atoms with Crippen LogP contribution in [0.15, 0.2) is 53.1 Å². The molecule has 2 heterocycles. The van der Waals surface area contributed by atoms with Gasteiger partial charge in [-0.15, -0.1) is 0 Å². The molecule has 1 aliphatic heterocycles. The number of pyridine rings is 1. The van der Waals surface area contributed by atoms with E-state index in [1.807, 2.05) is 47.5 Å². The highest BCUT2D eigenvalue weighted by molar-refractivity contribution is 9.10. The Morgan fingerprint density at radius 1 is 1.08 bits per heavy atom. The van der Waals surface area contributed by atoms with Crippen molar-refractivity contribution in [2.24, 2.45) is 0 Å². The van der Waals surface area contributed by atoms with E-state index in [9.17, 15) is 4.79 Å². The summed E-state index contributed by atoms with van der Waals surface area (Å²) in [5.41, 5.74) is 1.11. The van der Waals surface area contributed by atoms with Crippen LogP contribution in [-0.4, -0.2) is 60.0 Å². The highest BCUT2D eigenvalue weighted by Gasteiger charge is 2.21. The van der Waals surface area contributed by atoms with Crippen molar-refractivity contribution in [2.75, 3.05) is 39.3 Å². The Hall–Kier alpha value is -1.92. The van der Waals surface area contributed by atoms with Gasteiger partial charge in [-0.05, 0) is 36.4 Å². The standard InChI is InChI=1S/C19H22BrN3O2/c20-16-4-6-18(7-5-16)25-15-19(24)23-13-11-22(12-14-23)10-8-17-3-1-2-9-21-17/h1-7,9H,8,10-15H2. The molecule has 1 aromatic heterocycles. The number of hydrogen-bond acceptors (Lipinski definition) is 4. The Labute approximate surface area is 156 Å². The van der Waals surface area contributed by atoms with E-state index in [1.165, 1.54) is 0 Å². The molecule has 132 valence electrons. The number of amides is 1. The van der Waals surface area contributed by atoms with Crippen LogP contribution < -0.4 is 4.74 Å². The topological polar surface area (TPSA) is 45.7 Å². The first-order valence-corrected chi connectivity index (χ1v) is 9.28. The van der Waals surface area contributed by atoms with Crippen LogP contribution in [0.3, 0.4) is 0 Å². The molecular weight excluding hydrogens is 382 g/mol. The van der Waals surface area contributed by atoms with Gasteiger partial charge in [0.1, 0.15) is 5.75 Å². The second-order valence-corrected chi connectivity index (χ2v) is 6.95. The average molecular weight is 404 g/mol. The van der Waals surface area contributed by atoms with E-state index in [0.29, 0.717) is 5.75 Å². The van der Waals surface area contributed by atoms with Crippen molar-refractivity contribution in [1.29, 1.82) is 0 Å². The molecular formula is C19H22BrN3O2. The number of aromatic nitrogens is 1. The zero-order valence-corrected chi connectivity index (χ0v) is 15.7. The largest absolute Gasteiger partial charge is 0.484 e. The molecule has 0 spiro atoms. The Bertz CT molecular complexity index is 671. The molecule has 5 nitrogen and oxygen atoms in total. The Morgan fingerprint density at radius 2 is 1.84 bits per heavy atom. The van der Waals surface area contributed by atoms with Gasteiger partial charge in [-0.25, -0.2) is 0 Å². The predicted molar refractivity (Wildman–Crippen MR) is 101 cm³/mol. The van der Waals surface area contributed by atoms with Crippen molar-refractivity contribution in [1.82, 2.24) is 14.8 Å². The minimum Gasteiger partial charge on any atom is -0.484 e. The minimum atomic E-state index is 0.0484. The van der Waals surface area contributed by atoms with E-state index < -0.39 is 0 Å². The lowest BCUT2D eigenvalue weighted by atomic mass is 10.2. The van der Waals surface area contributed by atoms with Crippen molar-refractivity contribution >= 4 is 21.8 Å².